The summed E-state index contributed by atoms with van der Waals surface area (Å²) in [6.07, 6.45) is 2.62. The van der Waals surface area contributed by atoms with E-state index in [0.717, 1.165) is 0 Å². The summed E-state index contributed by atoms with van der Waals surface area (Å²) >= 11 is 5.54. The van der Waals surface area contributed by atoms with Crippen LogP contribution in [0.3, 0.4) is 0 Å². The molecule has 1 rings (SSSR count). The Labute approximate surface area is 67.2 Å². The quantitative estimate of drug-likeness (QED) is 0.602. The minimum atomic E-state index is -0.900. The number of pyridine rings is 1. The lowest BCUT2D eigenvalue weighted by Gasteiger charge is -1.92. The summed E-state index contributed by atoms with van der Waals surface area (Å²) < 4.78 is 0. The molecule has 5 heteroatoms. The first-order chi connectivity index (χ1) is 5.25. The van der Waals surface area contributed by atoms with Crippen LogP contribution in [0.25, 0.3) is 0 Å². The standard InChI is InChI=1S/C6H3ClN2O2/c7-5-1-2-8-3-4(5)6(10)9-11/h1-3H. The molecule has 0 saturated heterocycles. The lowest BCUT2D eigenvalue weighted by Crippen LogP contribution is -1.94. The number of amides is 1. The topological polar surface area (TPSA) is 59.4 Å². The van der Waals surface area contributed by atoms with Crippen LogP contribution in [0.2, 0.25) is 5.02 Å². The van der Waals surface area contributed by atoms with E-state index in [1.165, 1.54) is 18.5 Å². The fourth-order valence-electron chi connectivity index (χ4n) is 0.584. The number of carbonyl (C=O) groups is 1. The van der Waals surface area contributed by atoms with E-state index in [1.54, 1.807) is 0 Å². The molecule has 1 aromatic rings. The van der Waals surface area contributed by atoms with Gasteiger partial charge in [0.05, 0.1) is 10.6 Å². The molecule has 0 aliphatic rings. The Bertz CT molecular complexity index is 300. The van der Waals surface area contributed by atoms with Gasteiger partial charge in [-0.15, -0.1) is 4.91 Å². The fourth-order valence-corrected chi connectivity index (χ4v) is 0.770. The Morgan fingerprint density at radius 2 is 2.36 bits per heavy atom. The van der Waals surface area contributed by atoms with Crippen LogP contribution in [0.5, 0.6) is 0 Å². The summed E-state index contributed by atoms with van der Waals surface area (Å²) in [7, 11) is 0. The first-order valence-corrected chi connectivity index (χ1v) is 3.10. The maximum atomic E-state index is 10.6. The molecule has 0 fully saturated rings. The summed E-state index contributed by atoms with van der Waals surface area (Å²) in [6, 6.07) is 1.42. The van der Waals surface area contributed by atoms with Crippen molar-refractivity contribution in [2.24, 2.45) is 5.18 Å². The number of hydrogen-bond donors (Lipinski definition) is 0. The lowest BCUT2D eigenvalue weighted by atomic mass is 10.3. The van der Waals surface area contributed by atoms with E-state index in [4.69, 9.17) is 11.6 Å². The van der Waals surface area contributed by atoms with E-state index >= 15 is 0 Å². The fraction of sp³-hybridized carbons (Fsp3) is 0. The number of carbonyl (C=O) groups excluding carboxylic acids is 1. The van der Waals surface area contributed by atoms with Crippen molar-refractivity contribution in [2.45, 2.75) is 0 Å². The average molecular weight is 171 g/mol. The Hall–Kier alpha value is -1.29. The van der Waals surface area contributed by atoms with Gasteiger partial charge in [-0.3, -0.25) is 9.78 Å². The highest BCUT2D eigenvalue weighted by Crippen LogP contribution is 2.13. The Morgan fingerprint density at radius 3 is 2.91 bits per heavy atom. The second-order valence-electron chi connectivity index (χ2n) is 1.75. The van der Waals surface area contributed by atoms with Crippen LogP contribution in [0.4, 0.5) is 0 Å². The van der Waals surface area contributed by atoms with Crippen molar-refractivity contribution in [1.82, 2.24) is 4.98 Å². The number of nitrogens with zero attached hydrogens (tertiary/aromatic N) is 2. The second-order valence-corrected chi connectivity index (χ2v) is 2.16. The average Bonchev–Trinajstić information content (AvgIpc) is 2.04. The van der Waals surface area contributed by atoms with Gasteiger partial charge in [-0.2, -0.15) is 0 Å². The van der Waals surface area contributed by atoms with Crippen molar-refractivity contribution >= 4 is 17.5 Å². The van der Waals surface area contributed by atoms with Crippen LogP contribution < -0.4 is 0 Å². The zero-order chi connectivity index (χ0) is 8.27. The molecule has 0 N–H and O–H groups in total. The molecule has 0 bridgehead atoms. The van der Waals surface area contributed by atoms with Gasteiger partial charge in [-0.05, 0) is 6.07 Å². The van der Waals surface area contributed by atoms with Crippen molar-refractivity contribution in [2.75, 3.05) is 0 Å². The first-order valence-electron chi connectivity index (χ1n) is 2.73. The molecule has 1 aromatic heterocycles. The zero-order valence-electron chi connectivity index (χ0n) is 5.32. The minimum absolute atomic E-state index is 0.0316. The van der Waals surface area contributed by atoms with E-state index in [1.807, 2.05) is 0 Å². The lowest BCUT2D eigenvalue weighted by molar-refractivity contribution is 0.100. The molecule has 56 valence electrons. The van der Waals surface area contributed by atoms with Crippen LogP contribution in [0.1, 0.15) is 10.4 Å². The van der Waals surface area contributed by atoms with E-state index in [9.17, 15) is 9.70 Å². The summed E-state index contributed by atoms with van der Waals surface area (Å²) in [5, 5.41) is 2.39. The number of halogens is 1. The molecule has 11 heavy (non-hydrogen) atoms. The molecule has 0 atom stereocenters. The summed E-state index contributed by atoms with van der Waals surface area (Å²) in [6.45, 7) is 0. The highest BCUT2D eigenvalue weighted by Gasteiger charge is 2.09. The smallest absolute Gasteiger partial charge is 0.264 e. The highest BCUT2D eigenvalue weighted by molar-refractivity contribution is 6.33. The SMILES string of the molecule is O=NC(=O)c1cnccc1Cl. The van der Waals surface area contributed by atoms with E-state index in [-0.39, 0.29) is 10.6 Å². The number of aromatic nitrogens is 1. The molecule has 0 aromatic carbocycles. The molecule has 0 unspecified atom stereocenters. The molecule has 4 nitrogen and oxygen atoms in total. The summed E-state index contributed by atoms with van der Waals surface area (Å²) in [5.74, 6) is -0.900. The Balaban J connectivity index is 3.13. The van der Waals surface area contributed by atoms with Crippen LogP contribution >= 0.6 is 11.6 Å². The van der Waals surface area contributed by atoms with Crippen LogP contribution in [0.15, 0.2) is 23.6 Å². The predicted molar refractivity (Wildman–Crippen MR) is 39.4 cm³/mol. The molecule has 1 heterocycles. The molecule has 0 aliphatic carbocycles. The van der Waals surface area contributed by atoms with Gasteiger partial charge in [0, 0.05) is 17.6 Å². The molecule has 0 radical (unpaired) electrons. The second kappa shape index (κ2) is 3.21. The van der Waals surface area contributed by atoms with Crippen molar-refractivity contribution in [3.8, 4) is 0 Å². The van der Waals surface area contributed by atoms with Gasteiger partial charge >= 0.3 is 5.91 Å². The first kappa shape index (κ1) is 7.81. The third-order valence-electron chi connectivity index (χ3n) is 1.08. The Morgan fingerprint density at radius 1 is 1.64 bits per heavy atom. The Kier molecular flexibility index (Phi) is 2.28. The highest BCUT2D eigenvalue weighted by atomic mass is 35.5. The molecular formula is C6H3ClN2O2. The molecule has 0 saturated carbocycles. The van der Waals surface area contributed by atoms with Gasteiger partial charge in [0.1, 0.15) is 0 Å². The van der Waals surface area contributed by atoms with Crippen LogP contribution in [-0.4, -0.2) is 10.9 Å². The third-order valence-corrected chi connectivity index (χ3v) is 1.41. The maximum Gasteiger partial charge on any atom is 0.319 e. The zero-order valence-corrected chi connectivity index (χ0v) is 6.08. The summed E-state index contributed by atoms with van der Waals surface area (Å²) in [4.78, 5) is 24.0. The monoisotopic (exact) mass is 170 g/mol. The van der Waals surface area contributed by atoms with E-state index < -0.39 is 5.91 Å². The number of nitroso groups, excluding NO2 is 1. The van der Waals surface area contributed by atoms with Crippen molar-refractivity contribution in [3.05, 3.63) is 34.0 Å². The molecule has 0 spiro atoms. The summed E-state index contributed by atoms with van der Waals surface area (Å²) in [5.41, 5.74) is 0.0316. The number of rotatable bonds is 1. The van der Waals surface area contributed by atoms with Gasteiger partial charge < -0.3 is 0 Å². The third kappa shape index (κ3) is 1.59. The predicted octanol–water partition coefficient (Wildman–Crippen LogP) is 1.64. The van der Waals surface area contributed by atoms with Crippen molar-refractivity contribution in [3.63, 3.8) is 0 Å². The largest absolute Gasteiger partial charge is 0.319 e. The van der Waals surface area contributed by atoms with Gasteiger partial charge in [0.15, 0.2) is 0 Å². The van der Waals surface area contributed by atoms with Crippen LogP contribution in [-0.2, 0) is 0 Å². The van der Waals surface area contributed by atoms with Crippen molar-refractivity contribution in [1.29, 1.82) is 0 Å². The van der Waals surface area contributed by atoms with E-state index in [0.29, 0.717) is 0 Å². The maximum absolute atomic E-state index is 10.6. The van der Waals surface area contributed by atoms with Gasteiger partial charge in [-0.1, -0.05) is 11.6 Å². The molecular weight excluding hydrogens is 168 g/mol. The van der Waals surface area contributed by atoms with Gasteiger partial charge in [-0.25, -0.2) is 0 Å². The molecule has 0 aliphatic heterocycles. The van der Waals surface area contributed by atoms with Gasteiger partial charge in [0.25, 0.3) is 0 Å². The number of hydrogen-bond acceptors (Lipinski definition) is 3. The minimum Gasteiger partial charge on any atom is -0.264 e. The normalized spacial score (nSPS) is 9.18. The van der Waals surface area contributed by atoms with Crippen molar-refractivity contribution < 1.29 is 4.79 Å². The molecule has 1 amide bonds. The van der Waals surface area contributed by atoms with E-state index in [2.05, 4.69) is 10.2 Å². The van der Waals surface area contributed by atoms with Gasteiger partial charge in [0.2, 0.25) is 0 Å². The van der Waals surface area contributed by atoms with Crippen LogP contribution in [0, 0.1) is 4.91 Å².